The van der Waals surface area contributed by atoms with Crippen LogP contribution < -0.4 is 9.47 Å². The fraction of sp³-hybridized carbons (Fsp3) is 0.0968. The van der Waals surface area contributed by atoms with Gasteiger partial charge in [-0.3, -0.25) is 10.1 Å². The molecular weight excluding hydrogens is 496 g/mol. The van der Waals surface area contributed by atoms with Gasteiger partial charge in [-0.15, -0.1) is 0 Å². The van der Waals surface area contributed by atoms with E-state index in [1.807, 2.05) is 61.5 Å². The molecule has 1 heterocycles. The Morgan fingerprint density at radius 3 is 2.33 bits per heavy atom. The molecule has 0 aliphatic heterocycles. The summed E-state index contributed by atoms with van der Waals surface area (Å²) < 4.78 is 17.0. The molecule has 194 valence electrons. The van der Waals surface area contributed by atoms with Gasteiger partial charge in [-0.05, 0) is 73.2 Å². The second-order valence-corrected chi connectivity index (χ2v) is 8.61. The van der Waals surface area contributed by atoms with Crippen LogP contribution in [0.4, 0.5) is 5.69 Å². The highest BCUT2D eigenvalue weighted by atomic mass is 16.6. The number of hydrogen-bond acceptors (Lipinski definition) is 7. The average molecular weight is 521 g/mol. The number of esters is 1. The van der Waals surface area contributed by atoms with Crippen molar-refractivity contribution in [3.05, 3.63) is 124 Å². The molecule has 4 aromatic carbocycles. The number of benzene rings is 4. The van der Waals surface area contributed by atoms with Crippen molar-refractivity contribution in [3.63, 3.8) is 0 Å². The molecule has 0 saturated heterocycles. The molecule has 0 radical (unpaired) electrons. The summed E-state index contributed by atoms with van der Waals surface area (Å²) in [6, 6.07) is 29.7. The number of ether oxygens (including phenoxy) is 3. The van der Waals surface area contributed by atoms with Crippen LogP contribution in [0, 0.1) is 10.1 Å². The SMILES string of the molecule is CCOc1ccc(-c2cc(C(=O)OCc3cccc(Oc4ccc([N+](=O)[O-])cc4)c3)c3ccccc3n2)cc1. The predicted molar refractivity (Wildman–Crippen MR) is 147 cm³/mol. The van der Waals surface area contributed by atoms with Crippen LogP contribution in [-0.2, 0) is 11.3 Å². The largest absolute Gasteiger partial charge is 0.494 e. The number of pyridine rings is 1. The fourth-order valence-electron chi connectivity index (χ4n) is 4.08. The molecule has 8 heteroatoms. The molecule has 5 aromatic rings. The third-order valence-electron chi connectivity index (χ3n) is 5.95. The molecule has 0 bridgehead atoms. The Morgan fingerprint density at radius 2 is 1.59 bits per heavy atom. The zero-order valence-electron chi connectivity index (χ0n) is 21.1. The fourth-order valence-corrected chi connectivity index (χ4v) is 4.08. The highest BCUT2D eigenvalue weighted by Gasteiger charge is 2.16. The van der Waals surface area contributed by atoms with Crippen molar-refractivity contribution in [1.29, 1.82) is 0 Å². The third kappa shape index (κ3) is 6.02. The number of carbonyl (C=O) groups is 1. The predicted octanol–water partition coefficient (Wildman–Crippen LogP) is 7.36. The van der Waals surface area contributed by atoms with Crippen molar-refractivity contribution in [3.8, 4) is 28.5 Å². The van der Waals surface area contributed by atoms with Gasteiger partial charge in [0.05, 0.1) is 28.3 Å². The van der Waals surface area contributed by atoms with Gasteiger partial charge in [0.1, 0.15) is 23.9 Å². The van der Waals surface area contributed by atoms with E-state index in [9.17, 15) is 14.9 Å². The normalized spacial score (nSPS) is 10.7. The third-order valence-corrected chi connectivity index (χ3v) is 5.95. The molecule has 0 saturated carbocycles. The van der Waals surface area contributed by atoms with Crippen molar-refractivity contribution in [2.45, 2.75) is 13.5 Å². The molecule has 0 fully saturated rings. The summed E-state index contributed by atoms with van der Waals surface area (Å²) in [5.74, 6) is 1.27. The van der Waals surface area contributed by atoms with E-state index in [2.05, 4.69) is 0 Å². The minimum atomic E-state index is -0.470. The lowest BCUT2D eigenvalue weighted by atomic mass is 10.0. The quantitative estimate of drug-likeness (QED) is 0.114. The summed E-state index contributed by atoms with van der Waals surface area (Å²) in [6.07, 6.45) is 0. The van der Waals surface area contributed by atoms with E-state index in [4.69, 9.17) is 19.2 Å². The van der Waals surface area contributed by atoms with E-state index in [0.717, 1.165) is 16.9 Å². The lowest BCUT2D eigenvalue weighted by molar-refractivity contribution is -0.384. The van der Waals surface area contributed by atoms with E-state index < -0.39 is 10.9 Å². The lowest BCUT2D eigenvalue weighted by Crippen LogP contribution is -2.07. The Morgan fingerprint density at radius 1 is 0.846 bits per heavy atom. The van der Waals surface area contributed by atoms with E-state index in [0.29, 0.717) is 40.3 Å². The van der Waals surface area contributed by atoms with Gasteiger partial charge in [-0.25, -0.2) is 9.78 Å². The van der Waals surface area contributed by atoms with Gasteiger partial charge < -0.3 is 14.2 Å². The molecule has 5 rings (SSSR count). The van der Waals surface area contributed by atoms with Gasteiger partial charge in [-0.1, -0.05) is 30.3 Å². The van der Waals surface area contributed by atoms with Crippen LogP contribution in [0.5, 0.6) is 17.2 Å². The minimum absolute atomic E-state index is 0.0164. The average Bonchev–Trinajstić information content (AvgIpc) is 2.96. The molecule has 0 amide bonds. The maximum Gasteiger partial charge on any atom is 0.339 e. The van der Waals surface area contributed by atoms with Crippen molar-refractivity contribution in [1.82, 2.24) is 4.98 Å². The van der Waals surface area contributed by atoms with Crippen LogP contribution in [-0.4, -0.2) is 22.5 Å². The summed E-state index contributed by atoms with van der Waals surface area (Å²) in [6.45, 7) is 2.54. The first kappa shape index (κ1) is 25.4. The molecule has 0 aliphatic rings. The number of fused-ring (bicyclic) bond motifs is 1. The molecule has 1 aromatic heterocycles. The smallest absolute Gasteiger partial charge is 0.339 e. The summed E-state index contributed by atoms with van der Waals surface area (Å²) in [7, 11) is 0. The molecular formula is C31H24N2O6. The second kappa shape index (κ2) is 11.4. The summed E-state index contributed by atoms with van der Waals surface area (Å²) in [4.78, 5) is 28.4. The van der Waals surface area contributed by atoms with Gasteiger partial charge in [0, 0.05) is 23.1 Å². The number of carbonyl (C=O) groups excluding carboxylic acids is 1. The van der Waals surface area contributed by atoms with Crippen LogP contribution in [0.1, 0.15) is 22.8 Å². The standard InChI is InChI=1S/C31H24N2O6/c1-2-37-24-14-10-22(11-15-24)30-19-28(27-8-3-4-9-29(27)32-30)31(34)38-20-21-6-5-7-26(18-21)39-25-16-12-23(13-17-25)33(35)36/h3-19H,2,20H2,1H3. The Kier molecular flexibility index (Phi) is 7.45. The van der Waals surface area contributed by atoms with Crippen molar-refractivity contribution < 1.29 is 23.9 Å². The van der Waals surface area contributed by atoms with Crippen LogP contribution >= 0.6 is 0 Å². The van der Waals surface area contributed by atoms with Crippen LogP contribution in [0.25, 0.3) is 22.2 Å². The number of nitro benzene ring substituents is 1. The van der Waals surface area contributed by atoms with Gasteiger partial charge in [0.2, 0.25) is 0 Å². The number of nitro groups is 1. The monoisotopic (exact) mass is 520 g/mol. The molecule has 0 N–H and O–H groups in total. The molecule has 0 aliphatic carbocycles. The van der Waals surface area contributed by atoms with Crippen LogP contribution in [0.2, 0.25) is 0 Å². The number of nitrogens with zero attached hydrogens (tertiary/aromatic N) is 2. The van der Waals surface area contributed by atoms with Gasteiger partial charge in [0.15, 0.2) is 0 Å². The van der Waals surface area contributed by atoms with Crippen molar-refractivity contribution in [2.24, 2.45) is 0 Å². The Balaban J connectivity index is 1.34. The zero-order valence-corrected chi connectivity index (χ0v) is 21.1. The molecule has 0 atom stereocenters. The first-order valence-electron chi connectivity index (χ1n) is 12.3. The number of non-ortho nitro benzene ring substituents is 1. The maximum atomic E-state index is 13.3. The Hall–Kier alpha value is -5.24. The second-order valence-electron chi connectivity index (χ2n) is 8.61. The van der Waals surface area contributed by atoms with E-state index in [1.165, 1.54) is 24.3 Å². The van der Waals surface area contributed by atoms with Crippen LogP contribution in [0.15, 0.2) is 103 Å². The number of aromatic nitrogens is 1. The van der Waals surface area contributed by atoms with Crippen molar-refractivity contribution in [2.75, 3.05) is 6.61 Å². The lowest BCUT2D eigenvalue weighted by Gasteiger charge is -2.11. The molecule has 0 spiro atoms. The van der Waals surface area contributed by atoms with Crippen LogP contribution in [0.3, 0.4) is 0 Å². The van der Waals surface area contributed by atoms with E-state index in [-0.39, 0.29) is 12.3 Å². The summed E-state index contributed by atoms with van der Waals surface area (Å²) in [5.41, 5.74) is 3.33. The van der Waals surface area contributed by atoms with Gasteiger partial charge in [-0.2, -0.15) is 0 Å². The van der Waals surface area contributed by atoms with Crippen molar-refractivity contribution >= 4 is 22.6 Å². The maximum absolute atomic E-state index is 13.3. The van der Waals surface area contributed by atoms with E-state index >= 15 is 0 Å². The number of para-hydroxylation sites is 1. The topological polar surface area (TPSA) is 101 Å². The molecule has 8 nitrogen and oxygen atoms in total. The number of hydrogen-bond donors (Lipinski definition) is 0. The highest BCUT2D eigenvalue weighted by Crippen LogP contribution is 2.28. The minimum Gasteiger partial charge on any atom is -0.494 e. The highest BCUT2D eigenvalue weighted by molar-refractivity contribution is 6.04. The van der Waals surface area contributed by atoms with Gasteiger partial charge >= 0.3 is 5.97 Å². The Bertz CT molecular complexity index is 1630. The van der Waals surface area contributed by atoms with Gasteiger partial charge in [0.25, 0.3) is 5.69 Å². The van der Waals surface area contributed by atoms with E-state index in [1.54, 1.807) is 24.3 Å². The zero-order chi connectivity index (χ0) is 27.2. The molecule has 0 unspecified atom stereocenters. The number of rotatable bonds is 9. The molecule has 39 heavy (non-hydrogen) atoms. The first-order valence-corrected chi connectivity index (χ1v) is 12.3. The first-order chi connectivity index (χ1) is 19.0. The summed E-state index contributed by atoms with van der Waals surface area (Å²) >= 11 is 0. The summed E-state index contributed by atoms with van der Waals surface area (Å²) in [5, 5.41) is 11.6. The Labute approximate surface area is 224 Å².